The fourth-order valence-electron chi connectivity index (χ4n) is 3.16. The Balaban J connectivity index is 2.04. The molecule has 26 heavy (non-hydrogen) atoms. The molecule has 0 unspecified atom stereocenters. The van der Waals surface area contributed by atoms with E-state index in [1.54, 1.807) is 12.1 Å². The molecule has 0 radical (unpaired) electrons. The summed E-state index contributed by atoms with van der Waals surface area (Å²) in [6, 6.07) is 3.56. The molecule has 1 saturated carbocycles. The summed E-state index contributed by atoms with van der Waals surface area (Å²) < 4.78 is 0. The molecule has 8 heteroatoms. The minimum absolute atomic E-state index is 0.135. The largest absolute Gasteiger partial charge is 0.481 e. The SMILES string of the molecule is CCCC[C@H](NC(=O)c1cccc(Cl)n1)C(=O)N[C@H]1CCC[C@H]1C(=O)O. The molecule has 1 aromatic rings. The fourth-order valence-corrected chi connectivity index (χ4v) is 3.32. The molecule has 0 saturated heterocycles. The minimum atomic E-state index is -0.898. The maximum Gasteiger partial charge on any atom is 0.308 e. The number of aromatic nitrogens is 1. The Labute approximate surface area is 157 Å². The summed E-state index contributed by atoms with van der Waals surface area (Å²) in [7, 11) is 0. The first-order valence-corrected chi connectivity index (χ1v) is 9.26. The Morgan fingerprint density at radius 2 is 2.12 bits per heavy atom. The van der Waals surface area contributed by atoms with E-state index in [4.69, 9.17) is 11.6 Å². The van der Waals surface area contributed by atoms with Crippen LogP contribution in [0, 0.1) is 5.92 Å². The summed E-state index contributed by atoms with van der Waals surface area (Å²) in [5, 5.41) is 15.0. The predicted octanol–water partition coefficient (Wildman–Crippen LogP) is 2.39. The molecule has 1 fully saturated rings. The van der Waals surface area contributed by atoms with Crippen molar-refractivity contribution in [3.63, 3.8) is 0 Å². The summed E-state index contributed by atoms with van der Waals surface area (Å²) in [6.07, 6.45) is 4.05. The van der Waals surface area contributed by atoms with Gasteiger partial charge in [-0.1, -0.05) is 43.9 Å². The summed E-state index contributed by atoms with van der Waals surface area (Å²) in [5.41, 5.74) is 0.135. The van der Waals surface area contributed by atoms with Crippen LogP contribution in [0.2, 0.25) is 5.15 Å². The molecule has 0 aliphatic heterocycles. The van der Waals surface area contributed by atoms with Gasteiger partial charge in [0.05, 0.1) is 5.92 Å². The van der Waals surface area contributed by atoms with Crippen LogP contribution in [0.3, 0.4) is 0 Å². The number of hydrogen-bond acceptors (Lipinski definition) is 4. The van der Waals surface area contributed by atoms with E-state index in [-0.39, 0.29) is 16.8 Å². The Morgan fingerprint density at radius 1 is 1.35 bits per heavy atom. The molecule has 1 aliphatic carbocycles. The van der Waals surface area contributed by atoms with Gasteiger partial charge in [-0.05, 0) is 31.4 Å². The molecule has 1 heterocycles. The molecule has 2 amide bonds. The van der Waals surface area contributed by atoms with Gasteiger partial charge in [0.1, 0.15) is 16.9 Å². The van der Waals surface area contributed by atoms with E-state index in [0.717, 1.165) is 19.3 Å². The van der Waals surface area contributed by atoms with Crippen LogP contribution in [0.1, 0.15) is 55.9 Å². The summed E-state index contributed by atoms with van der Waals surface area (Å²) in [5.74, 6) is -2.31. The third kappa shape index (κ3) is 5.42. The van der Waals surface area contributed by atoms with E-state index in [2.05, 4.69) is 15.6 Å². The number of unbranched alkanes of at least 4 members (excludes halogenated alkanes) is 1. The Bertz CT molecular complexity index is 668. The topological polar surface area (TPSA) is 108 Å². The van der Waals surface area contributed by atoms with Crippen molar-refractivity contribution in [2.24, 2.45) is 5.92 Å². The molecule has 142 valence electrons. The van der Waals surface area contributed by atoms with Crippen molar-refractivity contribution in [2.75, 3.05) is 0 Å². The molecule has 1 aromatic heterocycles. The zero-order valence-electron chi connectivity index (χ0n) is 14.7. The lowest BCUT2D eigenvalue weighted by atomic mass is 10.0. The van der Waals surface area contributed by atoms with Crippen molar-refractivity contribution in [3.8, 4) is 0 Å². The standard InChI is InChI=1S/C18H24ClN3O4/c1-2-3-7-14(22-16(23)13-9-5-10-15(19)20-13)17(24)21-12-8-4-6-11(12)18(25)26/h5,9-12,14H,2-4,6-8H2,1H3,(H,21,24)(H,22,23)(H,25,26)/t11-,12+,14+/m1/s1. The van der Waals surface area contributed by atoms with Gasteiger partial charge in [0, 0.05) is 6.04 Å². The number of carbonyl (C=O) groups excluding carboxylic acids is 2. The zero-order chi connectivity index (χ0) is 19.1. The highest BCUT2D eigenvalue weighted by molar-refractivity contribution is 6.29. The molecule has 1 aliphatic rings. The van der Waals surface area contributed by atoms with Crippen LogP contribution in [0.4, 0.5) is 0 Å². The lowest BCUT2D eigenvalue weighted by Crippen LogP contribution is -2.51. The monoisotopic (exact) mass is 381 g/mol. The van der Waals surface area contributed by atoms with Crippen molar-refractivity contribution in [1.29, 1.82) is 0 Å². The Kier molecular flexibility index (Phi) is 7.38. The summed E-state index contributed by atoms with van der Waals surface area (Å²) >= 11 is 5.80. The normalized spacial score (nSPS) is 20.4. The maximum atomic E-state index is 12.6. The smallest absolute Gasteiger partial charge is 0.308 e. The van der Waals surface area contributed by atoms with Crippen molar-refractivity contribution in [3.05, 3.63) is 29.0 Å². The van der Waals surface area contributed by atoms with Gasteiger partial charge in [0.2, 0.25) is 5.91 Å². The zero-order valence-corrected chi connectivity index (χ0v) is 15.5. The van der Waals surface area contributed by atoms with Gasteiger partial charge in [-0.2, -0.15) is 0 Å². The van der Waals surface area contributed by atoms with Crippen LogP contribution in [-0.4, -0.2) is 40.0 Å². The fraction of sp³-hybridized carbons (Fsp3) is 0.556. The van der Waals surface area contributed by atoms with E-state index < -0.39 is 29.9 Å². The van der Waals surface area contributed by atoms with Gasteiger partial charge in [0.25, 0.3) is 5.91 Å². The third-order valence-electron chi connectivity index (χ3n) is 4.58. The van der Waals surface area contributed by atoms with Gasteiger partial charge < -0.3 is 15.7 Å². The maximum absolute atomic E-state index is 12.6. The number of hydrogen-bond donors (Lipinski definition) is 3. The van der Waals surface area contributed by atoms with Crippen molar-refractivity contribution >= 4 is 29.4 Å². The summed E-state index contributed by atoms with van der Waals surface area (Å²) in [4.78, 5) is 40.3. The minimum Gasteiger partial charge on any atom is -0.481 e. The number of aliphatic carboxylic acids is 1. The Morgan fingerprint density at radius 3 is 2.77 bits per heavy atom. The average molecular weight is 382 g/mol. The molecule has 3 atom stereocenters. The Hall–Kier alpha value is -2.15. The molecular formula is C18H24ClN3O4. The van der Waals surface area contributed by atoms with Crippen LogP contribution in [0.25, 0.3) is 0 Å². The highest BCUT2D eigenvalue weighted by Crippen LogP contribution is 2.26. The van der Waals surface area contributed by atoms with Crippen LogP contribution in [0.15, 0.2) is 18.2 Å². The number of carbonyl (C=O) groups is 3. The number of rotatable bonds is 8. The predicted molar refractivity (Wildman–Crippen MR) is 96.9 cm³/mol. The average Bonchev–Trinajstić information content (AvgIpc) is 3.06. The highest BCUT2D eigenvalue weighted by atomic mass is 35.5. The van der Waals surface area contributed by atoms with E-state index in [9.17, 15) is 19.5 Å². The summed E-state index contributed by atoms with van der Waals surface area (Å²) in [6.45, 7) is 1.99. The lowest BCUT2D eigenvalue weighted by molar-refractivity contribution is -0.142. The van der Waals surface area contributed by atoms with Crippen LogP contribution in [0.5, 0.6) is 0 Å². The molecule has 7 nitrogen and oxygen atoms in total. The molecule has 0 spiro atoms. The van der Waals surface area contributed by atoms with E-state index in [1.165, 1.54) is 6.07 Å². The molecule has 0 aromatic carbocycles. The number of amides is 2. The first-order valence-electron chi connectivity index (χ1n) is 8.89. The second kappa shape index (κ2) is 9.52. The molecule has 2 rings (SSSR count). The molecule has 0 bridgehead atoms. The molecule has 3 N–H and O–H groups in total. The number of nitrogens with zero attached hydrogens (tertiary/aromatic N) is 1. The quantitative estimate of drug-likeness (QED) is 0.599. The van der Waals surface area contributed by atoms with Crippen molar-refractivity contribution < 1.29 is 19.5 Å². The number of nitrogens with one attached hydrogen (secondary N) is 2. The van der Waals surface area contributed by atoms with Crippen LogP contribution in [-0.2, 0) is 9.59 Å². The number of carboxylic acids is 1. The van der Waals surface area contributed by atoms with Crippen molar-refractivity contribution in [2.45, 2.75) is 57.5 Å². The first-order chi connectivity index (χ1) is 12.4. The van der Waals surface area contributed by atoms with Crippen molar-refractivity contribution in [1.82, 2.24) is 15.6 Å². The third-order valence-corrected chi connectivity index (χ3v) is 4.79. The van der Waals surface area contributed by atoms with Gasteiger partial charge in [-0.3, -0.25) is 14.4 Å². The molecular weight excluding hydrogens is 358 g/mol. The van der Waals surface area contributed by atoms with Crippen LogP contribution >= 0.6 is 11.6 Å². The number of pyridine rings is 1. The first kappa shape index (κ1) is 20.2. The van der Waals surface area contributed by atoms with E-state index in [1.807, 2.05) is 6.92 Å². The number of halogens is 1. The second-order valence-electron chi connectivity index (χ2n) is 6.50. The van der Waals surface area contributed by atoms with Gasteiger partial charge in [-0.15, -0.1) is 0 Å². The lowest BCUT2D eigenvalue weighted by Gasteiger charge is -2.23. The van der Waals surface area contributed by atoms with Gasteiger partial charge in [-0.25, -0.2) is 4.98 Å². The highest BCUT2D eigenvalue weighted by Gasteiger charge is 2.35. The number of carboxylic acid groups (broad SMARTS) is 1. The van der Waals surface area contributed by atoms with E-state index in [0.29, 0.717) is 19.3 Å². The second-order valence-corrected chi connectivity index (χ2v) is 6.89. The van der Waals surface area contributed by atoms with E-state index >= 15 is 0 Å². The van der Waals surface area contributed by atoms with Gasteiger partial charge >= 0.3 is 5.97 Å². The van der Waals surface area contributed by atoms with Crippen LogP contribution < -0.4 is 10.6 Å². The van der Waals surface area contributed by atoms with Gasteiger partial charge in [0.15, 0.2) is 0 Å².